The molecule has 0 radical (unpaired) electrons. The summed E-state index contributed by atoms with van der Waals surface area (Å²) in [6, 6.07) is 22.6. The van der Waals surface area contributed by atoms with Crippen LogP contribution in [0.15, 0.2) is 82.0 Å². The van der Waals surface area contributed by atoms with Gasteiger partial charge in [0.15, 0.2) is 11.5 Å². The summed E-state index contributed by atoms with van der Waals surface area (Å²) in [5.74, 6) is 1.53. The van der Waals surface area contributed by atoms with Gasteiger partial charge in [0, 0.05) is 11.1 Å². The summed E-state index contributed by atoms with van der Waals surface area (Å²) in [5, 5.41) is 19.7. The van der Waals surface area contributed by atoms with Crippen molar-refractivity contribution in [3.63, 3.8) is 0 Å². The van der Waals surface area contributed by atoms with Crippen molar-refractivity contribution < 1.29 is 18.3 Å². The minimum Gasteiger partial charge on any atom is -0.480 e. The molecule has 5 aromatic rings. The highest BCUT2D eigenvalue weighted by molar-refractivity contribution is 5.81. The first-order valence-electron chi connectivity index (χ1n) is 10.8. The Morgan fingerprint density at radius 3 is 1.39 bits per heavy atom. The van der Waals surface area contributed by atoms with Gasteiger partial charge in [0.2, 0.25) is 11.8 Å². The average Bonchev–Trinajstić information content (AvgIpc) is 3.67. The molecule has 8 heteroatoms. The van der Waals surface area contributed by atoms with Crippen molar-refractivity contribution in [2.24, 2.45) is 0 Å². The number of benzene rings is 1. The van der Waals surface area contributed by atoms with Gasteiger partial charge >= 0.3 is 0 Å². The van der Waals surface area contributed by atoms with Crippen molar-refractivity contribution in [3.8, 4) is 69.1 Å². The van der Waals surface area contributed by atoms with Crippen molar-refractivity contribution >= 4 is 0 Å². The largest absolute Gasteiger partial charge is 0.480 e. The Balaban J connectivity index is 1.63. The number of nitriles is 2. The number of hydrogen-bond donors (Lipinski definition) is 0. The summed E-state index contributed by atoms with van der Waals surface area (Å²) in [6.45, 7) is 0. The van der Waals surface area contributed by atoms with Crippen LogP contribution in [0.2, 0.25) is 0 Å². The van der Waals surface area contributed by atoms with Crippen LogP contribution in [-0.4, -0.2) is 24.2 Å². The number of furan rings is 2. The van der Waals surface area contributed by atoms with E-state index in [-0.39, 0.29) is 11.8 Å². The highest BCUT2D eigenvalue weighted by Crippen LogP contribution is 2.37. The minimum atomic E-state index is 0.208. The fraction of sp³-hybridized carbons (Fsp3) is 0.0714. The summed E-state index contributed by atoms with van der Waals surface area (Å²) in [4.78, 5) is 8.85. The van der Waals surface area contributed by atoms with Gasteiger partial charge in [-0.25, -0.2) is 9.97 Å². The molecule has 0 N–H and O–H groups in total. The Morgan fingerprint density at radius 2 is 1.08 bits per heavy atom. The first-order valence-corrected chi connectivity index (χ1v) is 10.8. The van der Waals surface area contributed by atoms with E-state index in [1.807, 2.05) is 24.3 Å². The van der Waals surface area contributed by atoms with Crippen molar-refractivity contribution in [3.05, 3.63) is 84.3 Å². The van der Waals surface area contributed by atoms with Gasteiger partial charge in [-0.3, -0.25) is 0 Å². The lowest BCUT2D eigenvalue weighted by Crippen LogP contribution is -1.98. The van der Waals surface area contributed by atoms with Gasteiger partial charge in [-0.05, 0) is 47.5 Å². The van der Waals surface area contributed by atoms with Gasteiger partial charge in [0.25, 0.3) is 0 Å². The van der Waals surface area contributed by atoms with E-state index in [1.54, 1.807) is 48.9 Å². The fourth-order valence-corrected chi connectivity index (χ4v) is 3.94. The molecule has 5 rings (SSSR count). The van der Waals surface area contributed by atoms with Crippen molar-refractivity contribution in [2.75, 3.05) is 14.2 Å². The topological polar surface area (TPSA) is 118 Å². The van der Waals surface area contributed by atoms with E-state index in [4.69, 9.17) is 18.3 Å². The van der Waals surface area contributed by atoms with Crippen molar-refractivity contribution in [2.45, 2.75) is 0 Å². The van der Waals surface area contributed by atoms with Crippen LogP contribution in [0.4, 0.5) is 0 Å². The lowest BCUT2D eigenvalue weighted by atomic mass is 9.95. The summed E-state index contributed by atoms with van der Waals surface area (Å²) in [7, 11) is 2.94. The number of methoxy groups -OCH3 is 2. The average molecular weight is 474 g/mol. The van der Waals surface area contributed by atoms with Crippen LogP contribution in [0.1, 0.15) is 11.1 Å². The van der Waals surface area contributed by atoms with Gasteiger partial charge in [-0.15, -0.1) is 0 Å². The molecule has 4 aromatic heterocycles. The molecule has 0 aliphatic carbocycles. The third-order valence-corrected chi connectivity index (χ3v) is 5.64. The molecule has 0 saturated heterocycles. The lowest BCUT2D eigenvalue weighted by molar-refractivity contribution is 0.396. The maximum atomic E-state index is 9.83. The van der Waals surface area contributed by atoms with E-state index in [0.717, 1.165) is 11.1 Å². The molecule has 0 aliphatic rings. The second-order valence-corrected chi connectivity index (χ2v) is 7.63. The van der Waals surface area contributed by atoms with Gasteiger partial charge in [0.1, 0.15) is 34.7 Å². The summed E-state index contributed by atoms with van der Waals surface area (Å²) >= 11 is 0. The lowest BCUT2D eigenvalue weighted by Gasteiger charge is -2.13. The maximum Gasteiger partial charge on any atom is 0.232 e. The Morgan fingerprint density at radius 1 is 0.667 bits per heavy atom. The molecule has 0 aliphatic heterocycles. The fourth-order valence-electron chi connectivity index (χ4n) is 3.94. The van der Waals surface area contributed by atoms with E-state index in [2.05, 4.69) is 22.1 Å². The van der Waals surface area contributed by atoms with Crippen molar-refractivity contribution in [1.82, 2.24) is 9.97 Å². The summed E-state index contributed by atoms with van der Waals surface area (Å²) in [6.07, 6.45) is 3.12. The zero-order valence-corrected chi connectivity index (χ0v) is 19.4. The second kappa shape index (κ2) is 9.49. The van der Waals surface area contributed by atoms with Gasteiger partial charge in [-0.1, -0.05) is 24.3 Å². The molecular formula is C28H18N4O4. The highest BCUT2D eigenvalue weighted by atomic mass is 16.5. The molecule has 174 valence electrons. The maximum absolute atomic E-state index is 9.83. The molecule has 8 nitrogen and oxygen atoms in total. The van der Waals surface area contributed by atoms with Crippen LogP contribution in [0.5, 0.6) is 11.8 Å². The Hall–Kier alpha value is -5.34. The van der Waals surface area contributed by atoms with Gasteiger partial charge < -0.3 is 18.3 Å². The molecule has 0 unspecified atom stereocenters. The van der Waals surface area contributed by atoms with Crippen LogP contribution in [0, 0.1) is 22.7 Å². The minimum absolute atomic E-state index is 0.208. The first kappa shape index (κ1) is 22.5. The number of pyridine rings is 2. The number of rotatable bonds is 6. The van der Waals surface area contributed by atoms with Crippen LogP contribution >= 0.6 is 0 Å². The van der Waals surface area contributed by atoms with E-state index in [9.17, 15) is 10.5 Å². The SMILES string of the molecule is COc1nc(-c2ccco2)cc(-c2ccc(-c3cc(-c4ccco4)nc(OC)c3C#N)cc2)c1C#N. The smallest absolute Gasteiger partial charge is 0.232 e. The van der Waals surface area contributed by atoms with Crippen LogP contribution in [-0.2, 0) is 0 Å². The monoisotopic (exact) mass is 474 g/mol. The molecule has 0 amide bonds. The van der Waals surface area contributed by atoms with Crippen LogP contribution in [0.3, 0.4) is 0 Å². The summed E-state index contributed by atoms with van der Waals surface area (Å²) in [5.41, 5.74) is 4.54. The zero-order chi connectivity index (χ0) is 25.1. The second-order valence-electron chi connectivity index (χ2n) is 7.63. The standard InChI is InChI=1S/C28H18N4O4/c1-33-27-21(15-29)19(13-23(31-27)25-5-3-11-35-25)17-7-9-18(10-8-17)20-14-24(26-6-4-12-36-26)32-28(34-2)22(20)16-30/h3-14H,1-2H3. The molecule has 0 spiro atoms. The number of nitrogens with zero attached hydrogens (tertiary/aromatic N) is 4. The molecule has 0 saturated carbocycles. The van der Waals surface area contributed by atoms with E-state index >= 15 is 0 Å². The van der Waals surface area contributed by atoms with Gasteiger partial charge in [-0.2, -0.15) is 10.5 Å². The Bertz CT molecular complexity index is 1490. The van der Waals surface area contributed by atoms with E-state index in [1.165, 1.54) is 14.2 Å². The quantitative estimate of drug-likeness (QED) is 0.290. The summed E-state index contributed by atoms with van der Waals surface area (Å²) < 4.78 is 21.8. The molecule has 0 atom stereocenters. The first-order chi connectivity index (χ1) is 17.7. The van der Waals surface area contributed by atoms with Crippen LogP contribution < -0.4 is 9.47 Å². The Labute approximate surface area is 206 Å². The molecule has 4 heterocycles. The third-order valence-electron chi connectivity index (χ3n) is 5.64. The number of ether oxygens (including phenoxy) is 2. The third kappa shape index (κ3) is 3.93. The van der Waals surface area contributed by atoms with E-state index in [0.29, 0.717) is 45.2 Å². The number of hydrogen-bond acceptors (Lipinski definition) is 8. The predicted molar refractivity (Wildman–Crippen MR) is 131 cm³/mol. The predicted octanol–water partition coefficient (Wildman–Crippen LogP) is 6.09. The molecule has 1 aromatic carbocycles. The Kier molecular flexibility index (Phi) is 5.92. The highest BCUT2D eigenvalue weighted by Gasteiger charge is 2.19. The molecule has 0 bridgehead atoms. The van der Waals surface area contributed by atoms with Gasteiger partial charge in [0.05, 0.1) is 26.7 Å². The van der Waals surface area contributed by atoms with E-state index < -0.39 is 0 Å². The van der Waals surface area contributed by atoms with Crippen molar-refractivity contribution in [1.29, 1.82) is 10.5 Å². The van der Waals surface area contributed by atoms with Crippen LogP contribution in [0.25, 0.3) is 45.2 Å². The zero-order valence-electron chi connectivity index (χ0n) is 19.4. The normalized spacial score (nSPS) is 10.4. The molecule has 36 heavy (non-hydrogen) atoms. The molecular weight excluding hydrogens is 456 g/mol. The number of aromatic nitrogens is 2. The molecule has 0 fully saturated rings.